The van der Waals surface area contributed by atoms with Crippen molar-refractivity contribution in [1.82, 2.24) is 9.97 Å². The molecule has 2 aromatic carbocycles. The largest absolute Gasteiger partial charge is 0.497 e. The number of methoxy groups -OCH3 is 1. The van der Waals surface area contributed by atoms with Gasteiger partial charge in [-0.15, -0.1) is 12.3 Å². The Hall–Kier alpha value is -3.48. The fourth-order valence-electron chi connectivity index (χ4n) is 3.11. The second-order valence-electron chi connectivity index (χ2n) is 8.79. The van der Waals surface area contributed by atoms with Crippen molar-refractivity contribution in [3.63, 3.8) is 0 Å². The minimum absolute atomic E-state index is 0.0318. The van der Waals surface area contributed by atoms with Crippen LogP contribution in [0.2, 0.25) is 5.28 Å². The van der Waals surface area contributed by atoms with E-state index in [1.807, 2.05) is 20.8 Å². The van der Waals surface area contributed by atoms with Gasteiger partial charge in [0.2, 0.25) is 11.0 Å². The number of halogens is 1. The number of ether oxygens (including phenoxy) is 3. The summed E-state index contributed by atoms with van der Waals surface area (Å²) in [6, 6.07) is 13.4. The Morgan fingerprint density at radius 2 is 1.78 bits per heavy atom. The first-order valence-corrected chi connectivity index (χ1v) is 13.0. The SMILES string of the molecule is C#CCCCOc1nc(Cl)nc(NS(=O)(=O)c2ccc(C(C)(C)C)cc2)c1Oc1cccc(OC)c1. The van der Waals surface area contributed by atoms with Gasteiger partial charge in [0.05, 0.1) is 18.6 Å². The van der Waals surface area contributed by atoms with E-state index in [-0.39, 0.29) is 39.6 Å². The van der Waals surface area contributed by atoms with Crippen molar-refractivity contribution in [2.75, 3.05) is 18.4 Å². The average molecular weight is 530 g/mol. The van der Waals surface area contributed by atoms with Gasteiger partial charge in [0, 0.05) is 12.5 Å². The topological polar surface area (TPSA) is 99.6 Å². The summed E-state index contributed by atoms with van der Waals surface area (Å²) in [6.45, 7) is 6.35. The van der Waals surface area contributed by atoms with Gasteiger partial charge in [-0.2, -0.15) is 9.97 Å². The Kier molecular flexibility index (Phi) is 8.66. The fourth-order valence-corrected chi connectivity index (χ4v) is 4.28. The van der Waals surface area contributed by atoms with Crippen LogP contribution in [0.4, 0.5) is 5.82 Å². The maximum Gasteiger partial charge on any atom is 0.264 e. The first-order valence-electron chi connectivity index (χ1n) is 11.1. The number of sulfonamides is 1. The van der Waals surface area contributed by atoms with E-state index in [2.05, 4.69) is 20.6 Å². The van der Waals surface area contributed by atoms with Gasteiger partial charge in [0.15, 0.2) is 5.82 Å². The van der Waals surface area contributed by atoms with Crippen molar-refractivity contribution in [2.45, 2.75) is 43.9 Å². The first-order chi connectivity index (χ1) is 17.0. The molecule has 3 rings (SSSR count). The Morgan fingerprint density at radius 3 is 2.42 bits per heavy atom. The summed E-state index contributed by atoms with van der Waals surface area (Å²) in [6.07, 6.45) is 6.36. The molecule has 10 heteroatoms. The highest BCUT2D eigenvalue weighted by Gasteiger charge is 2.24. The summed E-state index contributed by atoms with van der Waals surface area (Å²) in [5.74, 6) is 3.16. The molecule has 190 valence electrons. The molecule has 0 aliphatic rings. The smallest absolute Gasteiger partial charge is 0.264 e. The summed E-state index contributed by atoms with van der Waals surface area (Å²) >= 11 is 6.11. The molecule has 1 heterocycles. The molecule has 0 saturated heterocycles. The molecule has 8 nitrogen and oxygen atoms in total. The molecule has 0 unspecified atom stereocenters. The summed E-state index contributed by atoms with van der Waals surface area (Å²) in [4.78, 5) is 8.23. The third-order valence-corrected chi connectivity index (χ3v) is 6.56. The molecule has 0 aliphatic heterocycles. The Labute approximate surface area is 217 Å². The predicted molar refractivity (Wildman–Crippen MR) is 140 cm³/mol. The lowest BCUT2D eigenvalue weighted by molar-refractivity contribution is 0.285. The maximum absolute atomic E-state index is 13.2. The first kappa shape index (κ1) is 27.1. The second-order valence-corrected chi connectivity index (χ2v) is 10.8. The van der Waals surface area contributed by atoms with Crippen LogP contribution in [0.5, 0.6) is 23.1 Å². The van der Waals surface area contributed by atoms with Gasteiger partial charge in [-0.05, 0) is 53.3 Å². The second kappa shape index (κ2) is 11.5. The lowest BCUT2D eigenvalue weighted by atomic mass is 9.87. The summed E-state index contributed by atoms with van der Waals surface area (Å²) in [5, 5.41) is -0.222. The van der Waals surface area contributed by atoms with E-state index in [4.69, 9.17) is 32.2 Å². The molecule has 0 fully saturated rings. The minimum atomic E-state index is -4.05. The van der Waals surface area contributed by atoms with E-state index in [0.717, 1.165) is 5.56 Å². The molecular weight excluding hydrogens is 502 g/mol. The van der Waals surface area contributed by atoms with E-state index in [1.165, 1.54) is 19.2 Å². The summed E-state index contributed by atoms with van der Waals surface area (Å²) in [5.41, 5.74) is 0.871. The number of hydrogen-bond donors (Lipinski definition) is 1. The molecule has 0 amide bonds. The molecule has 0 bridgehead atoms. The number of nitrogens with one attached hydrogen (secondary N) is 1. The van der Waals surface area contributed by atoms with Crippen molar-refractivity contribution >= 4 is 27.4 Å². The third kappa shape index (κ3) is 7.03. The average Bonchev–Trinajstić information content (AvgIpc) is 2.83. The molecule has 0 saturated carbocycles. The molecule has 0 radical (unpaired) electrons. The van der Waals surface area contributed by atoms with Crippen LogP contribution >= 0.6 is 11.6 Å². The van der Waals surface area contributed by atoms with Crippen LogP contribution in [0.3, 0.4) is 0 Å². The van der Waals surface area contributed by atoms with E-state index in [0.29, 0.717) is 24.3 Å². The van der Waals surface area contributed by atoms with Gasteiger partial charge < -0.3 is 14.2 Å². The van der Waals surface area contributed by atoms with Crippen LogP contribution in [0.25, 0.3) is 0 Å². The zero-order valence-corrected chi connectivity index (χ0v) is 22.1. The monoisotopic (exact) mass is 529 g/mol. The van der Waals surface area contributed by atoms with Gasteiger partial charge in [-0.25, -0.2) is 8.42 Å². The number of nitrogens with zero attached hydrogens (tertiary/aromatic N) is 2. The van der Waals surface area contributed by atoms with Gasteiger partial charge >= 0.3 is 0 Å². The number of rotatable bonds is 10. The molecule has 3 aromatic rings. The molecule has 0 spiro atoms. The molecular formula is C26H28ClN3O5S. The Bertz CT molecular complexity index is 1350. The fraction of sp³-hybridized carbons (Fsp3) is 0.308. The van der Waals surface area contributed by atoms with Crippen LogP contribution in [-0.2, 0) is 15.4 Å². The zero-order valence-electron chi connectivity index (χ0n) is 20.5. The highest BCUT2D eigenvalue weighted by Crippen LogP contribution is 2.39. The lowest BCUT2D eigenvalue weighted by Gasteiger charge is -2.19. The molecule has 1 N–H and O–H groups in total. The normalized spacial score (nSPS) is 11.4. The highest BCUT2D eigenvalue weighted by atomic mass is 35.5. The van der Waals surface area contributed by atoms with Crippen LogP contribution in [0.15, 0.2) is 53.4 Å². The van der Waals surface area contributed by atoms with E-state index < -0.39 is 10.0 Å². The van der Waals surface area contributed by atoms with Gasteiger partial charge in [0.25, 0.3) is 15.9 Å². The maximum atomic E-state index is 13.2. The van der Waals surface area contributed by atoms with Gasteiger partial charge in [-0.1, -0.05) is 39.0 Å². The van der Waals surface area contributed by atoms with Crippen molar-refractivity contribution in [3.05, 3.63) is 59.4 Å². The van der Waals surface area contributed by atoms with Gasteiger partial charge in [0.1, 0.15) is 11.5 Å². The van der Waals surface area contributed by atoms with E-state index in [1.54, 1.807) is 36.4 Å². The van der Waals surface area contributed by atoms with Crippen molar-refractivity contribution < 1.29 is 22.6 Å². The van der Waals surface area contributed by atoms with E-state index in [9.17, 15) is 8.42 Å². The standard InChI is InChI=1S/C26H28ClN3O5S/c1-6-7-8-16-34-24-22(35-20-11-9-10-19(17-20)33-5)23(28-25(27)29-24)30-36(31,32)21-14-12-18(13-15-21)26(2,3)4/h1,9-15,17H,7-8,16H2,2-5H3,(H,28,29,30). The molecule has 0 aliphatic carbocycles. The predicted octanol–water partition coefficient (Wildman–Crippen LogP) is 5.82. The number of benzene rings is 2. The zero-order chi connectivity index (χ0) is 26.3. The van der Waals surface area contributed by atoms with Crippen LogP contribution in [0, 0.1) is 12.3 Å². The number of unbranched alkanes of at least 4 members (excludes halogenated alkanes) is 1. The lowest BCUT2D eigenvalue weighted by Crippen LogP contribution is -2.17. The van der Waals surface area contributed by atoms with Crippen LogP contribution < -0.4 is 18.9 Å². The molecule has 36 heavy (non-hydrogen) atoms. The Balaban J connectivity index is 2.01. The van der Waals surface area contributed by atoms with Crippen LogP contribution in [0.1, 0.15) is 39.2 Å². The Morgan fingerprint density at radius 1 is 1.08 bits per heavy atom. The summed E-state index contributed by atoms with van der Waals surface area (Å²) < 4.78 is 45.9. The quantitative estimate of drug-likeness (QED) is 0.200. The molecule has 1 aromatic heterocycles. The van der Waals surface area contributed by atoms with Crippen molar-refractivity contribution in [3.8, 4) is 35.5 Å². The number of hydrogen-bond acceptors (Lipinski definition) is 7. The van der Waals surface area contributed by atoms with Crippen molar-refractivity contribution in [2.24, 2.45) is 0 Å². The van der Waals surface area contributed by atoms with Crippen LogP contribution in [-0.4, -0.2) is 32.1 Å². The van der Waals surface area contributed by atoms with Crippen molar-refractivity contribution in [1.29, 1.82) is 0 Å². The highest BCUT2D eigenvalue weighted by molar-refractivity contribution is 7.92. The third-order valence-electron chi connectivity index (χ3n) is 5.03. The van der Waals surface area contributed by atoms with Gasteiger partial charge in [-0.3, -0.25) is 4.72 Å². The number of aromatic nitrogens is 2. The minimum Gasteiger partial charge on any atom is -0.497 e. The molecule has 0 atom stereocenters. The summed E-state index contributed by atoms with van der Waals surface area (Å²) in [7, 11) is -2.53. The number of anilines is 1. The van der Waals surface area contributed by atoms with E-state index >= 15 is 0 Å². The number of terminal acetylenes is 1.